The monoisotopic (exact) mass is 282 g/mol. The minimum atomic E-state index is -0.526. The van der Waals surface area contributed by atoms with Crippen molar-refractivity contribution in [3.05, 3.63) is 68.9 Å². The summed E-state index contributed by atoms with van der Waals surface area (Å²) in [5.41, 5.74) is 6.53. The average molecular weight is 282 g/mol. The van der Waals surface area contributed by atoms with E-state index in [9.17, 15) is 14.9 Å². The third-order valence-electron chi connectivity index (χ3n) is 3.15. The molecule has 6 heteroatoms. The number of benzene rings is 2. The van der Waals surface area contributed by atoms with E-state index in [0.29, 0.717) is 22.2 Å². The first kappa shape index (κ1) is 12.9. The van der Waals surface area contributed by atoms with Gasteiger partial charge in [0.1, 0.15) is 11.3 Å². The number of anilines is 1. The number of nitrogens with zero attached hydrogens (tertiary/aromatic N) is 1. The largest absolute Gasteiger partial charge is 0.456 e. The summed E-state index contributed by atoms with van der Waals surface area (Å²) < 4.78 is 5.64. The van der Waals surface area contributed by atoms with E-state index in [1.54, 1.807) is 24.3 Å². The van der Waals surface area contributed by atoms with Gasteiger partial charge in [-0.2, -0.15) is 0 Å². The van der Waals surface area contributed by atoms with Crippen LogP contribution in [0.25, 0.3) is 22.3 Å². The predicted octanol–water partition coefficient (Wildman–Crippen LogP) is 2.95. The fourth-order valence-corrected chi connectivity index (χ4v) is 2.11. The van der Waals surface area contributed by atoms with Crippen molar-refractivity contribution < 1.29 is 9.34 Å². The van der Waals surface area contributed by atoms with Crippen LogP contribution in [-0.4, -0.2) is 4.92 Å². The Bertz CT molecular complexity index is 915. The molecule has 21 heavy (non-hydrogen) atoms. The molecule has 0 aliphatic carbocycles. The molecule has 0 radical (unpaired) electrons. The van der Waals surface area contributed by atoms with Gasteiger partial charge in [-0.05, 0) is 18.2 Å². The van der Waals surface area contributed by atoms with Crippen molar-refractivity contribution in [2.75, 3.05) is 5.73 Å². The Kier molecular flexibility index (Phi) is 2.91. The number of nitrogen functional groups attached to an aromatic ring is 1. The molecule has 0 saturated carbocycles. The van der Waals surface area contributed by atoms with Crippen LogP contribution in [-0.2, 0) is 0 Å². The number of hydrogen-bond donors (Lipinski definition) is 1. The maximum absolute atomic E-state index is 12.1. The Morgan fingerprint density at radius 1 is 1.10 bits per heavy atom. The topological polar surface area (TPSA) is 99.4 Å². The Morgan fingerprint density at radius 3 is 2.62 bits per heavy atom. The first-order valence-corrected chi connectivity index (χ1v) is 6.13. The molecule has 0 spiro atoms. The molecular formula is C15H10N2O4. The molecule has 0 atom stereocenters. The average Bonchev–Trinajstić information content (AvgIpc) is 2.47. The Balaban J connectivity index is 2.28. The van der Waals surface area contributed by atoms with E-state index in [1.807, 2.05) is 0 Å². The van der Waals surface area contributed by atoms with Gasteiger partial charge in [0.15, 0.2) is 5.43 Å². The quantitative estimate of drug-likeness (QED) is 0.442. The third kappa shape index (κ3) is 2.23. The molecule has 1 aromatic heterocycles. The normalized spacial score (nSPS) is 10.7. The second-order valence-corrected chi connectivity index (χ2v) is 4.50. The molecule has 0 bridgehead atoms. The summed E-state index contributed by atoms with van der Waals surface area (Å²) in [6.45, 7) is 0. The van der Waals surface area contributed by atoms with Crippen LogP contribution in [0.3, 0.4) is 0 Å². The molecule has 6 nitrogen and oxygen atoms in total. The third-order valence-corrected chi connectivity index (χ3v) is 3.15. The Hall–Kier alpha value is -3.15. The molecule has 1 heterocycles. The minimum absolute atomic E-state index is 0.116. The van der Waals surface area contributed by atoms with Crippen LogP contribution in [0.15, 0.2) is 57.7 Å². The van der Waals surface area contributed by atoms with Crippen molar-refractivity contribution in [2.24, 2.45) is 0 Å². The summed E-state index contributed by atoms with van der Waals surface area (Å²) >= 11 is 0. The smallest absolute Gasteiger partial charge is 0.270 e. The van der Waals surface area contributed by atoms with Crippen molar-refractivity contribution in [3.8, 4) is 11.3 Å². The Morgan fingerprint density at radius 2 is 1.86 bits per heavy atom. The van der Waals surface area contributed by atoms with Crippen molar-refractivity contribution in [2.45, 2.75) is 0 Å². The van der Waals surface area contributed by atoms with Crippen LogP contribution >= 0.6 is 0 Å². The molecule has 0 aliphatic rings. The predicted molar refractivity (Wildman–Crippen MR) is 79.0 cm³/mol. The van der Waals surface area contributed by atoms with Gasteiger partial charge in [0.05, 0.1) is 10.3 Å². The summed E-state index contributed by atoms with van der Waals surface area (Å²) in [5, 5.41) is 11.3. The summed E-state index contributed by atoms with van der Waals surface area (Å²) in [4.78, 5) is 22.4. The Labute approximate surface area is 118 Å². The van der Waals surface area contributed by atoms with Gasteiger partial charge >= 0.3 is 0 Å². The molecule has 0 saturated heterocycles. The molecule has 3 rings (SSSR count). The lowest BCUT2D eigenvalue weighted by atomic mass is 10.1. The number of rotatable bonds is 2. The molecule has 3 aromatic rings. The maximum Gasteiger partial charge on any atom is 0.270 e. The zero-order valence-corrected chi connectivity index (χ0v) is 10.8. The fraction of sp³-hybridized carbons (Fsp3) is 0. The van der Waals surface area contributed by atoms with Gasteiger partial charge in [-0.25, -0.2) is 0 Å². The van der Waals surface area contributed by atoms with Gasteiger partial charge in [0.2, 0.25) is 0 Å². The highest BCUT2D eigenvalue weighted by Crippen LogP contribution is 2.30. The van der Waals surface area contributed by atoms with E-state index in [-0.39, 0.29) is 16.9 Å². The number of nitro groups is 1. The van der Waals surface area contributed by atoms with Crippen LogP contribution in [0.2, 0.25) is 0 Å². The summed E-state index contributed by atoms with van der Waals surface area (Å²) in [6.07, 6.45) is 0. The molecule has 0 aliphatic heterocycles. The standard InChI is InChI=1S/C15H10N2O4/c16-12-6-5-9(17(19)20)7-11(12)15-8-13(18)10-3-1-2-4-14(10)21-15/h1-8H,16H2. The van der Waals surface area contributed by atoms with Crippen LogP contribution in [0.1, 0.15) is 0 Å². The molecule has 0 unspecified atom stereocenters. The zero-order valence-electron chi connectivity index (χ0n) is 10.8. The maximum atomic E-state index is 12.1. The van der Waals surface area contributed by atoms with Crippen LogP contribution in [0.5, 0.6) is 0 Å². The van der Waals surface area contributed by atoms with Crippen molar-refractivity contribution in [3.63, 3.8) is 0 Å². The summed E-state index contributed by atoms with van der Waals surface area (Å²) in [6, 6.07) is 12.1. The lowest BCUT2D eigenvalue weighted by Crippen LogP contribution is -2.01. The molecule has 104 valence electrons. The fourth-order valence-electron chi connectivity index (χ4n) is 2.11. The number of fused-ring (bicyclic) bond motifs is 1. The molecule has 2 aromatic carbocycles. The van der Waals surface area contributed by atoms with E-state index in [1.165, 1.54) is 24.3 Å². The highest BCUT2D eigenvalue weighted by atomic mass is 16.6. The van der Waals surface area contributed by atoms with Gasteiger partial charge in [-0.1, -0.05) is 12.1 Å². The lowest BCUT2D eigenvalue weighted by Gasteiger charge is -2.06. The number of nitrogens with two attached hydrogens (primary N) is 1. The first-order valence-electron chi connectivity index (χ1n) is 6.13. The van der Waals surface area contributed by atoms with Gasteiger partial charge in [-0.15, -0.1) is 0 Å². The molecule has 2 N–H and O–H groups in total. The molecule has 0 fully saturated rings. The van der Waals surface area contributed by atoms with Crippen LogP contribution in [0.4, 0.5) is 11.4 Å². The number of para-hydroxylation sites is 1. The zero-order chi connectivity index (χ0) is 15.0. The molecule has 0 amide bonds. The highest BCUT2D eigenvalue weighted by molar-refractivity contribution is 5.81. The van der Waals surface area contributed by atoms with Gasteiger partial charge in [0.25, 0.3) is 5.69 Å². The van der Waals surface area contributed by atoms with Crippen molar-refractivity contribution in [1.29, 1.82) is 0 Å². The van der Waals surface area contributed by atoms with Crippen molar-refractivity contribution in [1.82, 2.24) is 0 Å². The van der Waals surface area contributed by atoms with Gasteiger partial charge in [0, 0.05) is 29.4 Å². The van der Waals surface area contributed by atoms with E-state index < -0.39 is 4.92 Å². The number of hydrogen-bond acceptors (Lipinski definition) is 5. The second-order valence-electron chi connectivity index (χ2n) is 4.50. The van der Waals surface area contributed by atoms with Crippen LogP contribution in [0, 0.1) is 10.1 Å². The summed E-state index contributed by atoms with van der Waals surface area (Å²) in [7, 11) is 0. The van der Waals surface area contributed by atoms with Crippen molar-refractivity contribution >= 4 is 22.3 Å². The minimum Gasteiger partial charge on any atom is -0.456 e. The SMILES string of the molecule is Nc1ccc([N+](=O)[O-])cc1-c1cc(=O)c2ccccc2o1. The van der Waals surface area contributed by atoms with E-state index in [2.05, 4.69) is 0 Å². The van der Waals surface area contributed by atoms with Gasteiger partial charge < -0.3 is 10.2 Å². The van der Waals surface area contributed by atoms with Crippen LogP contribution < -0.4 is 11.2 Å². The van der Waals surface area contributed by atoms with E-state index >= 15 is 0 Å². The summed E-state index contributed by atoms with van der Waals surface area (Å²) in [5.74, 6) is 0.208. The van der Waals surface area contributed by atoms with E-state index in [4.69, 9.17) is 10.2 Å². The number of non-ortho nitro benzene ring substituents is 1. The first-order chi connectivity index (χ1) is 10.1. The molecular weight excluding hydrogens is 272 g/mol. The number of nitro benzene ring substituents is 1. The van der Waals surface area contributed by atoms with Gasteiger partial charge in [-0.3, -0.25) is 14.9 Å². The van der Waals surface area contributed by atoms with E-state index in [0.717, 1.165) is 0 Å². The lowest BCUT2D eigenvalue weighted by molar-refractivity contribution is -0.384. The highest BCUT2D eigenvalue weighted by Gasteiger charge is 2.14. The second kappa shape index (κ2) is 4.75.